The number of aliphatic hydroxyl groups is 1. The minimum absolute atomic E-state index is 0.218. The molecule has 1 atom stereocenters. The second-order valence-electron chi connectivity index (χ2n) is 3.16. The van der Waals surface area contributed by atoms with Gasteiger partial charge in [-0.1, -0.05) is 0 Å². The topological polar surface area (TPSA) is 20.2 Å². The van der Waals surface area contributed by atoms with E-state index in [0.29, 0.717) is 0 Å². The third kappa shape index (κ3) is 6.15. The lowest BCUT2D eigenvalue weighted by Crippen LogP contribution is -2.40. The fourth-order valence-corrected chi connectivity index (χ4v) is 1.14. The molecule has 0 aliphatic carbocycles. The maximum absolute atomic E-state index is 9.14. The van der Waals surface area contributed by atoms with Crippen molar-refractivity contribution in [2.24, 2.45) is 0 Å². The van der Waals surface area contributed by atoms with Gasteiger partial charge in [-0.2, -0.15) is 0 Å². The summed E-state index contributed by atoms with van der Waals surface area (Å²) in [7, 11) is 6.21. The maximum Gasteiger partial charge on any atom is 0.148 e. The average molecular weight is 150 g/mol. The molecule has 0 heterocycles. The number of likely N-dealkylation sites (N-methyl/N-ethyl adjacent to an activating group) is 1. The van der Waals surface area contributed by atoms with Gasteiger partial charge in [0.25, 0.3) is 0 Å². The van der Waals surface area contributed by atoms with Crippen LogP contribution < -0.4 is 0 Å². The molecule has 0 fully saturated rings. The molecule has 3 heteroatoms. The molecule has 0 radical (unpaired) electrons. The summed E-state index contributed by atoms with van der Waals surface area (Å²) in [5, 5.41) is 9.14. The van der Waals surface area contributed by atoms with E-state index >= 15 is 0 Å². The number of hydrogen-bond donors (Lipinski definition) is 1. The molecule has 0 spiro atoms. The monoisotopic (exact) mass is 150 g/mol. The Bertz CT molecular complexity index is 79.6. The number of rotatable bonds is 3. The smallest absolute Gasteiger partial charge is 0.148 e. The average Bonchev–Trinajstić information content (AvgIpc) is 1.62. The van der Waals surface area contributed by atoms with Crippen LogP contribution in [0.5, 0.6) is 0 Å². The Balaban J connectivity index is 3.47. The highest BCUT2D eigenvalue weighted by Gasteiger charge is 2.12. The van der Waals surface area contributed by atoms with Crippen molar-refractivity contribution in [1.82, 2.24) is 0 Å². The number of hydrogen-bond acceptors (Lipinski definition) is 2. The molecule has 0 saturated carbocycles. The Hall–Kier alpha value is 0.270. The Labute approximate surface area is 61.5 Å². The first-order chi connectivity index (χ1) is 3.95. The predicted molar refractivity (Wildman–Crippen MR) is 42.4 cm³/mol. The van der Waals surface area contributed by atoms with E-state index in [-0.39, 0.29) is 5.44 Å². The van der Waals surface area contributed by atoms with Gasteiger partial charge in [-0.15, -0.1) is 11.8 Å². The summed E-state index contributed by atoms with van der Waals surface area (Å²) in [5.41, 5.74) is -0.218. The van der Waals surface area contributed by atoms with Crippen LogP contribution in [0, 0.1) is 0 Å². The van der Waals surface area contributed by atoms with Crippen molar-refractivity contribution < 1.29 is 9.59 Å². The summed E-state index contributed by atoms with van der Waals surface area (Å²) in [6, 6.07) is 0. The molecule has 0 aromatic heterocycles. The van der Waals surface area contributed by atoms with E-state index in [1.165, 1.54) is 11.8 Å². The summed E-state index contributed by atoms with van der Waals surface area (Å²) in [5.74, 6) is 0. The fraction of sp³-hybridized carbons (Fsp3) is 1.00. The van der Waals surface area contributed by atoms with Crippen LogP contribution >= 0.6 is 11.8 Å². The van der Waals surface area contributed by atoms with Crippen molar-refractivity contribution in [3.05, 3.63) is 0 Å². The molecule has 0 amide bonds. The summed E-state index contributed by atoms with van der Waals surface area (Å²) in [4.78, 5) is 0. The van der Waals surface area contributed by atoms with Gasteiger partial charge in [0.1, 0.15) is 12.0 Å². The number of quaternary nitrogens is 1. The van der Waals surface area contributed by atoms with Crippen molar-refractivity contribution in [3.63, 3.8) is 0 Å². The molecule has 0 aromatic carbocycles. The van der Waals surface area contributed by atoms with E-state index in [9.17, 15) is 0 Å². The predicted octanol–water partition coefficient (Wildman–Crippen LogP) is 0.374. The first-order valence-corrected chi connectivity index (χ1v) is 4.26. The molecule has 0 rings (SSSR count). The van der Waals surface area contributed by atoms with Gasteiger partial charge in [0, 0.05) is 0 Å². The van der Waals surface area contributed by atoms with Gasteiger partial charge in [0.2, 0.25) is 0 Å². The lowest BCUT2D eigenvalue weighted by molar-refractivity contribution is -0.871. The van der Waals surface area contributed by atoms with Crippen LogP contribution in [0.15, 0.2) is 0 Å². The van der Waals surface area contributed by atoms with E-state index in [2.05, 4.69) is 21.1 Å². The van der Waals surface area contributed by atoms with Crippen molar-refractivity contribution in [2.75, 3.05) is 33.9 Å². The maximum atomic E-state index is 9.14. The van der Waals surface area contributed by atoms with Crippen LogP contribution in [0.4, 0.5) is 0 Å². The standard InChI is InChI=1S/C6H16NOS/c1-7(2,3)5-6(8)9-4/h6,8H,5H2,1-4H3/q+1. The van der Waals surface area contributed by atoms with Crippen LogP contribution in [0.25, 0.3) is 0 Å². The zero-order valence-electron chi connectivity index (χ0n) is 6.59. The molecule has 0 bridgehead atoms. The van der Waals surface area contributed by atoms with Crippen molar-refractivity contribution in [1.29, 1.82) is 0 Å². The van der Waals surface area contributed by atoms with Crippen LogP contribution in [0.1, 0.15) is 0 Å². The van der Waals surface area contributed by atoms with Gasteiger partial charge in [0.15, 0.2) is 0 Å². The molecule has 1 unspecified atom stereocenters. The molecule has 2 nitrogen and oxygen atoms in total. The van der Waals surface area contributed by atoms with Crippen LogP contribution in [-0.4, -0.2) is 49.0 Å². The molecule has 0 saturated heterocycles. The van der Waals surface area contributed by atoms with Crippen molar-refractivity contribution >= 4 is 11.8 Å². The number of thioether (sulfide) groups is 1. The van der Waals surface area contributed by atoms with Crippen molar-refractivity contribution in [3.8, 4) is 0 Å². The van der Waals surface area contributed by atoms with Gasteiger partial charge in [-0.3, -0.25) is 0 Å². The SMILES string of the molecule is CSC(O)C[N+](C)(C)C. The minimum Gasteiger partial charge on any atom is -0.377 e. The van der Waals surface area contributed by atoms with E-state index in [1.54, 1.807) is 0 Å². The van der Waals surface area contributed by atoms with Gasteiger partial charge in [-0.05, 0) is 6.26 Å². The first-order valence-electron chi connectivity index (χ1n) is 2.97. The molecule has 0 aliphatic heterocycles. The minimum atomic E-state index is -0.218. The quantitative estimate of drug-likeness (QED) is 0.463. The molecule has 1 N–H and O–H groups in total. The Morgan fingerprint density at radius 2 is 1.89 bits per heavy atom. The molecular weight excluding hydrogens is 134 g/mol. The third-order valence-electron chi connectivity index (χ3n) is 0.976. The fourth-order valence-electron chi connectivity index (χ4n) is 0.543. The molecule has 0 aliphatic rings. The Morgan fingerprint density at radius 1 is 1.44 bits per heavy atom. The first kappa shape index (κ1) is 9.27. The Morgan fingerprint density at radius 3 is 2.00 bits per heavy atom. The normalized spacial score (nSPS) is 15.7. The summed E-state index contributed by atoms with van der Waals surface area (Å²) in [6.45, 7) is 0.807. The van der Waals surface area contributed by atoms with Crippen LogP contribution in [-0.2, 0) is 0 Å². The zero-order chi connectivity index (χ0) is 7.49. The second kappa shape index (κ2) is 3.44. The van der Waals surface area contributed by atoms with E-state index in [1.807, 2.05) is 6.26 Å². The third-order valence-corrected chi connectivity index (χ3v) is 1.67. The summed E-state index contributed by atoms with van der Waals surface area (Å²) in [6.07, 6.45) is 1.92. The largest absolute Gasteiger partial charge is 0.377 e. The molecule has 0 aromatic rings. The highest BCUT2D eigenvalue weighted by Crippen LogP contribution is 2.05. The van der Waals surface area contributed by atoms with E-state index < -0.39 is 0 Å². The zero-order valence-corrected chi connectivity index (χ0v) is 7.40. The van der Waals surface area contributed by atoms with Crippen LogP contribution in [0.3, 0.4) is 0 Å². The number of aliphatic hydroxyl groups excluding tert-OH is 1. The summed E-state index contributed by atoms with van der Waals surface area (Å²) < 4.78 is 0.821. The van der Waals surface area contributed by atoms with Gasteiger partial charge < -0.3 is 9.59 Å². The summed E-state index contributed by atoms with van der Waals surface area (Å²) >= 11 is 1.49. The molecule has 9 heavy (non-hydrogen) atoms. The highest BCUT2D eigenvalue weighted by molar-refractivity contribution is 7.99. The molecular formula is C6H16NOS+. The van der Waals surface area contributed by atoms with Gasteiger partial charge >= 0.3 is 0 Å². The Kier molecular flexibility index (Phi) is 3.54. The number of nitrogens with zero attached hydrogens (tertiary/aromatic N) is 1. The van der Waals surface area contributed by atoms with Crippen LogP contribution in [0.2, 0.25) is 0 Å². The second-order valence-corrected chi connectivity index (χ2v) is 4.18. The van der Waals surface area contributed by atoms with Crippen molar-refractivity contribution in [2.45, 2.75) is 5.44 Å². The lowest BCUT2D eigenvalue weighted by atomic mass is 10.5. The van der Waals surface area contributed by atoms with E-state index in [0.717, 1.165) is 11.0 Å². The lowest BCUT2D eigenvalue weighted by Gasteiger charge is -2.25. The van der Waals surface area contributed by atoms with E-state index in [4.69, 9.17) is 5.11 Å². The highest BCUT2D eigenvalue weighted by atomic mass is 32.2. The van der Waals surface area contributed by atoms with Gasteiger partial charge in [-0.25, -0.2) is 0 Å². The van der Waals surface area contributed by atoms with Gasteiger partial charge in [0.05, 0.1) is 21.1 Å². The molecule has 56 valence electrons.